The first kappa shape index (κ1) is 14.7. The second-order valence-corrected chi connectivity index (χ2v) is 5.91. The van der Waals surface area contributed by atoms with E-state index in [-0.39, 0.29) is 5.41 Å². The first-order chi connectivity index (χ1) is 8.34. The zero-order valence-corrected chi connectivity index (χ0v) is 12.2. The molecule has 0 fully saturated rings. The summed E-state index contributed by atoms with van der Waals surface area (Å²) in [4.78, 5) is 2.24. The van der Waals surface area contributed by atoms with Gasteiger partial charge in [0.25, 0.3) is 0 Å². The number of hydrogen-bond donors (Lipinski definition) is 0. The van der Waals surface area contributed by atoms with Crippen LogP contribution in [0.4, 0.5) is 0 Å². The Kier molecular flexibility index (Phi) is 4.93. The Balaban J connectivity index is 2.55. The fourth-order valence-electron chi connectivity index (χ4n) is 2.17. The van der Waals surface area contributed by atoms with E-state index >= 15 is 0 Å². The van der Waals surface area contributed by atoms with Crippen molar-refractivity contribution in [2.24, 2.45) is 5.41 Å². The van der Waals surface area contributed by atoms with Gasteiger partial charge in [-0.05, 0) is 52.3 Å². The molecule has 0 radical (unpaired) electrons. The minimum Gasteiger partial charge on any atom is -0.304 e. The van der Waals surface area contributed by atoms with E-state index in [1.165, 1.54) is 16.7 Å². The molecule has 98 valence electrons. The van der Waals surface area contributed by atoms with Gasteiger partial charge in [-0.15, -0.1) is 0 Å². The van der Waals surface area contributed by atoms with Crippen molar-refractivity contribution in [1.82, 2.24) is 4.90 Å². The summed E-state index contributed by atoms with van der Waals surface area (Å²) in [6.45, 7) is 10.1. The molecule has 0 aromatic heterocycles. The average molecular weight is 244 g/mol. The van der Waals surface area contributed by atoms with Crippen LogP contribution in [0.3, 0.4) is 0 Å². The summed E-state index contributed by atoms with van der Waals surface area (Å²) in [6.07, 6.45) is 1.05. The van der Waals surface area contributed by atoms with E-state index in [0.717, 1.165) is 19.5 Å². The fraction of sp³-hybridized carbons (Fsp3) is 0.562. The highest BCUT2D eigenvalue weighted by Gasteiger charge is 2.18. The maximum atomic E-state index is 9.03. The number of hydrogen-bond acceptors (Lipinski definition) is 2. The lowest BCUT2D eigenvalue weighted by Crippen LogP contribution is -2.31. The second-order valence-electron chi connectivity index (χ2n) is 5.91. The smallest absolute Gasteiger partial charge is 0.0697 e. The van der Waals surface area contributed by atoms with Crippen molar-refractivity contribution in [2.45, 2.75) is 34.1 Å². The van der Waals surface area contributed by atoms with Crippen LogP contribution in [-0.2, 0) is 6.42 Å². The number of aryl methyl sites for hydroxylation is 2. The van der Waals surface area contributed by atoms with Crippen LogP contribution >= 0.6 is 0 Å². The summed E-state index contributed by atoms with van der Waals surface area (Å²) >= 11 is 0. The molecule has 1 aromatic carbocycles. The summed E-state index contributed by atoms with van der Waals surface area (Å²) in [5, 5.41) is 9.03. The summed E-state index contributed by atoms with van der Waals surface area (Å²) in [5.74, 6) is 0. The Morgan fingerprint density at radius 1 is 1.28 bits per heavy atom. The van der Waals surface area contributed by atoms with Gasteiger partial charge in [-0.3, -0.25) is 0 Å². The van der Waals surface area contributed by atoms with Crippen LogP contribution in [0.15, 0.2) is 18.2 Å². The molecule has 0 heterocycles. The van der Waals surface area contributed by atoms with Crippen LogP contribution in [0.2, 0.25) is 0 Å². The molecule has 0 saturated heterocycles. The van der Waals surface area contributed by atoms with Crippen molar-refractivity contribution >= 4 is 0 Å². The Hall–Kier alpha value is -1.33. The molecule has 0 atom stereocenters. The molecule has 0 aliphatic rings. The molecule has 2 heteroatoms. The Labute approximate surface area is 111 Å². The highest BCUT2D eigenvalue weighted by atomic mass is 15.1. The highest BCUT2D eigenvalue weighted by Crippen LogP contribution is 2.16. The van der Waals surface area contributed by atoms with E-state index in [0.29, 0.717) is 0 Å². The van der Waals surface area contributed by atoms with E-state index in [1.807, 2.05) is 13.8 Å². The van der Waals surface area contributed by atoms with E-state index < -0.39 is 0 Å². The van der Waals surface area contributed by atoms with Gasteiger partial charge in [-0.1, -0.05) is 23.8 Å². The minimum atomic E-state index is -0.267. The molecule has 0 unspecified atom stereocenters. The number of nitrogens with zero attached hydrogens (tertiary/aromatic N) is 2. The lowest BCUT2D eigenvalue weighted by molar-refractivity contribution is 0.258. The maximum Gasteiger partial charge on any atom is 0.0697 e. The first-order valence-electron chi connectivity index (χ1n) is 6.50. The summed E-state index contributed by atoms with van der Waals surface area (Å²) in [5.41, 5.74) is 3.82. The van der Waals surface area contributed by atoms with E-state index in [2.05, 4.69) is 50.1 Å². The fourth-order valence-corrected chi connectivity index (χ4v) is 2.17. The first-order valence-corrected chi connectivity index (χ1v) is 6.50. The van der Waals surface area contributed by atoms with Crippen LogP contribution in [0.1, 0.15) is 30.5 Å². The average Bonchev–Trinajstić information content (AvgIpc) is 2.30. The predicted octanol–water partition coefficient (Wildman–Crippen LogP) is 3.33. The third-order valence-electron chi connectivity index (χ3n) is 3.24. The van der Waals surface area contributed by atoms with Crippen LogP contribution in [0, 0.1) is 30.6 Å². The molecule has 0 bridgehead atoms. The van der Waals surface area contributed by atoms with Crippen LogP contribution in [0.5, 0.6) is 0 Å². The molecule has 2 nitrogen and oxygen atoms in total. The Bertz CT molecular complexity index is 441. The standard InChI is InChI=1S/C16H24N2/c1-13-6-7-14(2)15(10-13)8-9-18(5)12-16(3,4)11-17/h6-7,10H,8-9,12H2,1-5H3. The summed E-state index contributed by atoms with van der Waals surface area (Å²) in [7, 11) is 2.09. The minimum absolute atomic E-state index is 0.267. The zero-order valence-electron chi connectivity index (χ0n) is 12.2. The van der Waals surface area contributed by atoms with E-state index in [4.69, 9.17) is 5.26 Å². The van der Waals surface area contributed by atoms with Crippen molar-refractivity contribution in [3.63, 3.8) is 0 Å². The van der Waals surface area contributed by atoms with Crippen molar-refractivity contribution in [3.8, 4) is 6.07 Å². The van der Waals surface area contributed by atoms with Gasteiger partial charge in [-0.2, -0.15) is 5.26 Å². The van der Waals surface area contributed by atoms with Crippen molar-refractivity contribution in [1.29, 1.82) is 5.26 Å². The van der Waals surface area contributed by atoms with Crippen molar-refractivity contribution < 1.29 is 0 Å². The number of likely N-dealkylation sites (N-methyl/N-ethyl adjacent to an activating group) is 1. The lowest BCUT2D eigenvalue weighted by atomic mass is 9.95. The summed E-state index contributed by atoms with van der Waals surface area (Å²) in [6, 6.07) is 8.95. The Morgan fingerprint density at radius 2 is 1.94 bits per heavy atom. The molecule has 0 spiro atoms. The molecule has 0 aliphatic heterocycles. The topological polar surface area (TPSA) is 27.0 Å². The largest absolute Gasteiger partial charge is 0.304 e. The van der Waals surface area contributed by atoms with Gasteiger partial charge < -0.3 is 4.90 Å². The van der Waals surface area contributed by atoms with Crippen molar-refractivity contribution in [3.05, 3.63) is 34.9 Å². The predicted molar refractivity (Wildman–Crippen MR) is 76.5 cm³/mol. The lowest BCUT2D eigenvalue weighted by Gasteiger charge is -2.24. The molecule has 1 rings (SSSR count). The molecule has 0 aliphatic carbocycles. The van der Waals surface area contributed by atoms with Gasteiger partial charge in [0.1, 0.15) is 0 Å². The van der Waals surface area contributed by atoms with Crippen molar-refractivity contribution in [2.75, 3.05) is 20.1 Å². The molecular formula is C16H24N2. The van der Waals surface area contributed by atoms with Gasteiger partial charge in [0.15, 0.2) is 0 Å². The highest BCUT2D eigenvalue weighted by molar-refractivity contribution is 5.30. The monoisotopic (exact) mass is 244 g/mol. The van der Waals surface area contributed by atoms with Crippen LogP contribution < -0.4 is 0 Å². The normalized spacial score (nSPS) is 11.6. The molecule has 1 aromatic rings. The van der Waals surface area contributed by atoms with Crippen LogP contribution in [0.25, 0.3) is 0 Å². The second kappa shape index (κ2) is 6.02. The SMILES string of the molecule is Cc1ccc(C)c(CCN(C)CC(C)(C)C#N)c1. The van der Waals surface area contributed by atoms with Gasteiger partial charge >= 0.3 is 0 Å². The molecule has 0 amide bonds. The molecule has 0 N–H and O–H groups in total. The van der Waals surface area contributed by atoms with E-state index in [1.54, 1.807) is 0 Å². The molecule has 18 heavy (non-hydrogen) atoms. The third-order valence-corrected chi connectivity index (χ3v) is 3.24. The maximum absolute atomic E-state index is 9.03. The summed E-state index contributed by atoms with van der Waals surface area (Å²) < 4.78 is 0. The number of rotatable bonds is 5. The van der Waals surface area contributed by atoms with Crippen LogP contribution in [-0.4, -0.2) is 25.0 Å². The number of nitriles is 1. The Morgan fingerprint density at radius 3 is 2.56 bits per heavy atom. The zero-order chi connectivity index (χ0) is 13.8. The van der Waals surface area contributed by atoms with Gasteiger partial charge in [0.05, 0.1) is 11.5 Å². The van der Waals surface area contributed by atoms with Gasteiger partial charge in [0, 0.05) is 13.1 Å². The van der Waals surface area contributed by atoms with E-state index in [9.17, 15) is 0 Å². The number of benzene rings is 1. The molecule has 0 saturated carbocycles. The third kappa shape index (κ3) is 4.50. The molecular weight excluding hydrogens is 220 g/mol. The quantitative estimate of drug-likeness (QED) is 0.794. The van der Waals surface area contributed by atoms with Gasteiger partial charge in [0.2, 0.25) is 0 Å². The van der Waals surface area contributed by atoms with Gasteiger partial charge in [-0.25, -0.2) is 0 Å².